The number of rotatable bonds is 5. The molecular formula is C15H19NO5. The molecule has 1 aromatic rings. The first-order chi connectivity index (χ1) is 10.0. The maximum Gasteiger partial charge on any atom is 0.332 e. The molecule has 0 spiro atoms. The lowest BCUT2D eigenvalue weighted by Gasteiger charge is -2.19. The summed E-state index contributed by atoms with van der Waals surface area (Å²) in [6.45, 7) is 1.85. The molecule has 0 radical (unpaired) electrons. The first-order valence-electron chi connectivity index (χ1n) is 6.84. The van der Waals surface area contributed by atoms with Crippen LogP contribution in [0.3, 0.4) is 0 Å². The third-order valence-corrected chi connectivity index (χ3v) is 3.55. The molecule has 1 fully saturated rings. The molecule has 3 atom stereocenters. The number of carbonyl (C=O) groups is 2. The maximum atomic E-state index is 12.1. The van der Waals surface area contributed by atoms with Crippen LogP contribution in [0.25, 0.3) is 0 Å². The van der Waals surface area contributed by atoms with Crippen molar-refractivity contribution in [3.8, 4) is 5.75 Å². The molecule has 6 heteroatoms. The minimum atomic E-state index is -1.02. The third kappa shape index (κ3) is 3.52. The van der Waals surface area contributed by atoms with Crippen molar-refractivity contribution < 1.29 is 24.2 Å². The monoisotopic (exact) mass is 293 g/mol. The maximum absolute atomic E-state index is 12.1. The lowest BCUT2D eigenvalue weighted by molar-refractivity contribution is -0.151. The van der Waals surface area contributed by atoms with E-state index in [4.69, 9.17) is 14.6 Å². The largest absolute Gasteiger partial charge is 0.496 e. The van der Waals surface area contributed by atoms with Gasteiger partial charge in [0.25, 0.3) is 0 Å². The number of carboxylic acids is 1. The van der Waals surface area contributed by atoms with Crippen molar-refractivity contribution in [3.05, 3.63) is 29.8 Å². The van der Waals surface area contributed by atoms with Gasteiger partial charge in [-0.2, -0.15) is 0 Å². The van der Waals surface area contributed by atoms with Crippen LogP contribution in [0.4, 0.5) is 0 Å². The molecule has 2 rings (SSSR count). The Hall–Kier alpha value is -2.08. The number of para-hydroxylation sites is 1. The van der Waals surface area contributed by atoms with Gasteiger partial charge in [0.15, 0.2) is 6.10 Å². The number of hydrogen-bond donors (Lipinski definition) is 2. The van der Waals surface area contributed by atoms with Crippen molar-refractivity contribution in [2.75, 3.05) is 7.11 Å². The van der Waals surface area contributed by atoms with E-state index in [2.05, 4.69) is 5.32 Å². The molecule has 21 heavy (non-hydrogen) atoms. The number of carboxylic acid groups (broad SMARTS) is 1. The highest BCUT2D eigenvalue weighted by Crippen LogP contribution is 2.25. The Bertz CT molecular complexity index is 531. The van der Waals surface area contributed by atoms with E-state index in [0.717, 1.165) is 5.56 Å². The second-order valence-electron chi connectivity index (χ2n) is 5.00. The van der Waals surface area contributed by atoms with E-state index in [0.29, 0.717) is 18.6 Å². The van der Waals surface area contributed by atoms with Gasteiger partial charge in [-0.3, -0.25) is 4.79 Å². The van der Waals surface area contributed by atoms with Crippen molar-refractivity contribution in [2.24, 2.45) is 0 Å². The number of hydrogen-bond acceptors (Lipinski definition) is 4. The Morgan fingerprint density at radius 1 is 1.33 bits per heavy atom. The van der Waals surface area contributed by atoms with Crippen LogP contribution in [0, 0.1) is 0 Å². The van der Waals surface area contributed by atoms with Gasteiger partial charge in [0.05, 0.1) is 13.2 Å². The van der Waals surface area contributed by atoms with E-state index in [1.807, 2.05) is 31.2 Å². The smallest absolute Gasteiger partial charge is 0.332 e. The summed E-state index contributed by atoms with van der Waals surface area (Å²) < 4.78 is 10.5. The zero-order valence-corrected chi connectivity index (χ0v) is 12.0. The Morgan fingerprint density at radius 3 is 2.62 bits per heavy atom. The summed E-state index contributed by atoms with van der Waals surface area (Å²) in [6, 6.07) is 7.17. The molecule has 6 nitrogen and oxygen atoms in total. The van der Waals surface area contributed by atoms with Crippen LogP contribution in [-0.4, -0.2) is 36.3 Å². The molecule has 1 heterocycles. The van der Waals surface area contributed by atoms with Crippen LogP contribution >= 0.6 is 0 Å². The van der Waals surface area contributed by atoms with Crippen molar-refractivity contribution in [3.63, 3.8) is 0 Å². The molecule has 0 saturated carbocycles. The number of aliphatic carboxylic acids is 1. The van der Waals surface area contributed by atoms with Crippen molar-refractivity contribution in [1.29, 1.82) is 0 Å². The molecule has 0 bridgehead atoms. The molecule has 1 amide bonds. The molecule has 1 saturated heterocycles. The molecule has 1 aromatic carbocycles. The minimum Gasteiger partial charge on any atom is -0.496 e. The Morgan fingerprint density at radius 2 is 2.00 bits per heavy atom. The van der Waals surface area contributed by atoms with Crippen molar-refractivity contribution >= 4 is 11.9 Å². The van der Waals surface area contributed by atoms with E-state index in [9.17, 15) is 9.59 Å². The van der Waals surface area contributed by atoms with Gasteiger partial charge in [-0.15, -0.1) is 0 Å². The number of benzene rings is 1. The quantitative estimate of drug-likeness (QED) is 0.859. The highest BCUT2D eigenvalue weighted by Gasteiger charge is 2.35. The fourth-order valence-electron chi connectivity index (χ4n) is 2.42. The second kappa shape index (κ2) is 6.58. The van der Waals surface area contributed by atoms with Gasteiger partial charge in [0.2, 0.25) is 5.91 Å². The van der Waals surface area contributed by atoms with Crippen molar-refractivity contribution in [1.82, 2.24) is 5.32 Å². The highest BCUT2D eigenvalue weighted by atomic mass is 16.5. The van der Waals surface area contributed by atoms with Gasteiger partial charge in [-0.25, -0.2) is 4.79 Å². The molecule has 1 aliphatic rings. The number of carbonyl (C=O) groups excluding carboxylic acids is 1. The average Bonchev–Trinajstić information content (AvgIpc) is 2.97. The number of methoxy groups -OCH3 is 1. The van der Waals surface area contributed by atoms with Crippen LogP contribution in [0.1, 0.15) is 31.4 Å². The lowest BCUT2D eigenvalue weighted by atomic mass is 10.1. The topological polar surface area (TPSA) is 84.9 Å². The summed E-state index contributed by atoms with van der Waals surface area (Å²) in [6.07, 6.45) is -0.816. The summed E-state index contributed by atoms with van der Waals surface area (Å²) in [5, 5.41) is 11.7. The van der Waals surface area contributed by atoms with Gasteiger partial charge in [-0.05, 0) is 25.8 Å². The number of amides is 1. The minimum absolute atomic E-state index is 0.249. The summed E-state index contributed by atoms with van der Waals surface area (Å²) in [5.74, 6) is -0.624. The highest BCUT2D eigenvalue weighted by molar-refractivity contribution is 5.83. The molecular weight excluding hydrogens is 274 g/mol. The summed E-state index contributed by atoms with van der Waals surface area (Å²) in [4.78, 5) is 23.0. The first-order valence-corrected chi connectivity index (χ1v) is 6.84. The van der Waals surface area contributed by atoms with Crippen LogP contribution < -0.4 is 10.1 Å². The lowest BCUT2D eigenvalue weighted by Crippen LogP contribution is -2.37. The normalized spacial score (nSPS) is 22.6. The molecule has 0 aliphatic carbocycles. The van der Waals surface area contributed by atoms with Gasteiger partial charge in [0, 0.05) is 5.56 Å². The van der Waals surface area contributed by atoms with E-state index < -0.39 is 18.2 Å². The first kappa shape index (κ1) is 15.3. The van der Waals surface area contributed by atoms with Crippen LogP contribution in [-0.2, 0) is 14.3 Å². The van der Waals surface area contributed by atoms with Crippen LogP contribution in [0.2, 0.25) is 0 Å². The second-order valence-corrected chi connectivity index (χ2v) is 5.00. The molecule has 114 valence electrons. The molecule has 0 aromatic heterocycles. The van der Waals surface area contributed by atoms with Gasteiger partial charge >= 0.3 is 5.97 Å². The van der Waals surface area contributed by atoms with Crippen LogP contribution in [0.5, 0.6) is 5.75 Å². The number of nitrogens with one attached hydrogen (secondary N) is 1. The van der Waals surface area contributed by atoms with Gasteiger partial charge < -0.3 is 19.9 Å². The van der Waals surface area contributed by atoms with Crippen molar-refractivity contribution in [2.45, 2.75) is 38.0 Å². The Balaban J connectivity index is 1.98. The molecule has 1 aliphatic heterocycles. The predicted octanol–water partition coefficient (Wildman–Crippen LogP) is 1.50. The Kier molecular flexibility index (Phi) is 4.80. The summed E-state index contributed by atoms with van der Waals surface area (Å²) in [7, 11) is 1.57. The van der Waals surface area contributed by atoms with Gasteiger partial charge in [0.1, 0.15) is 11.9 Å². The molecule has 2 unspecified atom stereocenters. The van der Waals surface area contributed by atoms with E-state index in [1.165, 1.54) is 0 Å². The predicted molar refractivity (Wildman–Crippen MR) is 75.1 cm³/mol. The van der Waals surface area contributed by atoms with Crippen LogP contribution in [0.15, 0.2) is 24.3 Å². The van der Waals surface area contributed by atoms with E-state index in [-0.39, 0.29) is 11.9 Å². The fraction of sp³-hybridized carbons (Fsp3) is 0.467. The van der Waals surface area contributed by atoms with E-state index in [1.54, 1.807) is 7.11 Å². The Labute approximate surface area is 123 Å². The summed E-state index contributed by atoms with van der Waals surface area (Å²) >= 11 is 0. The zero-order chi connectivity index (χ0) is 15.4. The van der Waals surface area contributed by atoms with E-state index >= 15 is 0 Å². The third-order valence-electron chi connectivity index (χ3n) is 3.55. The standard InChI is InChI=1S/C15H19NO5/c1-9(10-5-3-4-6-11(10)20-2)16-14(17)12-7-8-13(21-12)15(18)19/h3-6,9,12-13H,7-8H2,1-2H3,(H,16,17)(H,18,19)/t9-,12?,13?/m0/s1. The summed E-state index contributed by atoms with van der Waals surface area (Å²) in [5.41, 5.74) is 0.862. The fourth-order valence-corrected chi connectivity index (χ4v) is 2.42. The number of ether oxygens (including phenoxy) is 2. The van der Waals surface area contributed by atoms with Gasteiger partial charge in [-0.1, -0.05) is 18.2 Å². The molecule has 2 N–H and O–H groups in total. The zero-order valence-electron chi connectivity index (χ0n) is 12.0. The average molecular weight is 293 g/mol. The SMILES string of the molecule is COc1ccccc1[C@H](C)NC(=O)C1CCC(C(=O)O)O1.